The van der Waals surface area contributed by atoms with E-state index in [1.54, 1.807) is 52.0 Å². The largest absolute Gasteiger partial charge is 0.778 e. The number of rotatable bonds is 24. The van der Waals surface area contributed by atoms with Crippen LogP contribution in [0.4, 0.5) is 0 Å². The van der Waals surface area contributed by atoms with Crippen molar-refractivity contribution in [3.05, 3.63) is 58.7 Å². The normalized spacial score (nSPS) is 18.4. The molecule has 2 aliphatic rings. The zero-order chi connectivity index (χ0) is 45.7. The average molecular weight is 901 g/mol. The first-order valence-corrected chi connectivity index (χ1v) is 25.3. The molecule has 0 saturated heterocycles. The summed E-state index contributed by atoms with van der Waals surface area (Å²) in [5, 5.41) is 10.4. The smallest absolute Gasteiger partial charge is 0.205 e. The average Bonchev–Trinajstić information content (AvgIpc) is 3.10. The van der Waals surface area contributed by atoms with Crippen LogP contribution in [0.5, 0.6) is 11.5 Å². The summed E-state index contributed by atoms with van der Waals surface area (Å²) in [5.74, 6) is -0.829. The van der Waals surface area contributed by atoms with Crippen LogP contribution in [0.3, 0.4) is 0 Å². The van der Waals surface area contributed by atoms with Gasteiger partial charge in [0.25, 0.3) is 0 Å². The quantitative estimate of drug-likeness (QED) is 0.0677. The van der Waals surface area contributed by atoms with Gasteiger partial charge in [0.2, 0.25) is 11.6 Å². The molecule has 0 aromatic heterocycles. The number of hydrogen-bond donors (Lipinski definition) is 3. The van der Waals surface area contributed by atoms with E-state index < -0.39 is 52.0 Å². The van der Waals surface area contributed by atoms with Gasteiger partial charge in [0.05, 0.1) is 87.8 Å². The Morgan fingerprint density at radius 3 is 1.43 bits per heavy atom. The van der Waals surface area contributed by atoms with Crippen LogP contribution in [0, 0.1) is 0 Å². The number of unbranched alkanes of at least 4 members (excludes halogenated alkanes) is 8. The summed E-state index contributed by atoms with van der Waals surface area (Å²) < 4.78 is 49.8. The van der Waals surface area contributed by atoms with Crippen LogP contribution >= 0.6 is 15.2 Å². The number of benzene rings is 2. The molecule has 0 fully saturated rings. The monoisotopic (exact) mass is 901 g/mol. The summed E-state index contributed by atoms with van der Waals surface area (Å²) in [6.07, 6.45) is 11.3. The Balaban J connectivity index is 0.000000441. The fraction of sp³-hybridized carbons (Fsp3) is 0.727. The number of para-hydroxylation sites is 2. The highest BCUT2D eigenvalue weighted by atomic mass is 31.2. The first-order valence-electron chi connectivity index (χ1n) is 21.8. The van der Waals surface area contributed by atoms with Crippen molar-refractivity contribution in [2.75, 3.05) is 81.1 Å². The lowest BCUT2D eigenvalue weighted by Gasteiger charge is -2.39. The molecule has 350 valence electrons. The van der Waals surface area contributed by atoms with Gasteiger partial charge in [-0.25, -0.2) is 0 Å². The van der Waals surface area contributed by atoms with Gasteiger partial charge in [-0.2, -0.15) is 0 Å². The summed E-state index contributed by atoms with van der Waals surface area (Å²) >= 11 is 0. The van der Waals surface area contributed by atoms with Gasteiger partial charge in [-0.1, -0.05) is 68.5 Å². The second-order valence-corrected chi connectivity index (χ2v) is 22.9. The molecule has 3 N–H and O–H groups in total. The molecule has 3 unspecified atom stereocenters. The van der Waals surface area contributed by atoms with Crippen molar-refractivity contribution in [2.24, 2.45) is 0 Å². The zero-order valence-electron chi connectivity index (χ0n) is 38.8. The van der Waals surface area contributed by atoms with Gasteiger partial charge in [0.15, 0.2) is 0 Å². The molecule has 3 atom stereocenters. The Morgan fingerprint density at radius 1 is 0.656 bits per heavy atom. The van der Waals surface area contributed by atoms with Crippen LogP contribution in [-0.2, 0) is 44.9 Å². The van der Waals surface area contributed by atoms with E-state index in [1.165, 1.54) is 80.7 Å². The molecule has 0 aliphatic carbocycles. The molecule has 0 amide bonds. The van der Waals surface area contributed by atoms with E-state index in [2.05, 4.69) is 42.3 Å². The van der Waals surface area contributed by atoms with E-state index in [0.29, 0.717) is 22.6 Å². The van der Waals surface area contributed by atoms with Gasteiger partial charge < -0.3 is 61.7 Å². The number of aliphatic hydroxyl groups is 1. The minimum Gasteiger partial charge on any atom is -0.778 e. The van der Waals surface area contributed by atoms with Crippen molar-refractivity contribution in [1.29, 1.82) is 0 Å². The van der Waals surface area contributed by atoms with Crippen LogP contribution < -0.4 is 19.3 Å². The molecule has 2 aromatic rings. The zero-order valence-corrected chi connectivity index (χ0v) is 40.6. The Bertz CT molecular complexity index is 1710. The molecular weight excluding hydrogens is 822 g/mol. The Hall–Kier alpha value is -1.94. The molecule has 4 rings (SSSR count). The second kappa shape index (κ2) is 23.3. The first-order chi connectivity index (χ1) is 28.1. The maximum absolute atomic E-state index is 12.1. The second-order valence-electron chi connectivity index (χ2n) is 19.8. The molecule has 0 saturated carbocycles. The van der Waals surface area contributed by atoms with Crippen LogP contribution in [0.25, 0.3) is 0 Å². The van der Waals surface area contributed by atoms with Crippen molar-refractivity contribution in [1.82, 2.24) is 9.80 Å². The highest BCUT2D eigenvalue weighted by molar-refractivity contribution is 7.50. The van der Waals surface area contributed by atoms with Gasteiger partial charge in [-0.15, -0.1) is 0 Å². The van der Waals surface area contributed by atoms with Crippen molar-refractivity contribution < 1.29 is 61.7 Å². The predicted molar refractivity (Wildman–Crippen MR) is 235 cm³/mol. The lowest BCUT2D eigenvalue weighted by atomic mass is 10.1. The van der Waals surface area contributed by atoms with Gasteiger partial charge in [0.1, 0.15) is 26.7 Å². The molecular formula is C44H78N4O11P2. The summed E-state index contributed by atoms with van der Waals surface area (Å²) in [6.45, 7) is 9.35. The summed E-state index contributed by atoms with van der Waals surface area (Å²) in [6, 6.07) is 9.68. The van der Waals surface area contributed by atoms with Crippen LogP contribution in [0.15, 0.2) is 36.4 Å². The summed E-state index contributed by atoms with van der Waals surface area (Å²) in [5.41, 5.74) is 2.71. The van der Waals surface area contributed by atoms with E-state index in [-0.39, 0.29) is 32.8 Å². The molecule has 61 heavy (non-hydrogen) atoms. The molecule has 2 heterocycles. The Morgan fingerprint density at radius 2 is 1.05 bits per heavy atom. The SMILES string of the molecule is CC1(C)OCc2cccc(CN(CC(CO)N(Cc3cccc4c3OC(C)(C)OC4)CP(=O)([O-])O)CP(=O)([O-])O)c2O1.C[N+](C)(C)CCCCCCCCCCC[N+](C)(C)C. The fourth-order valence-electron chi connectivity index (χ4n) is 7.47. The number of ether oxygens (including phenoxy) is 4. The predicted octanol–water partition coefficient (Wildman–Crippen LogP) is 5.56. The van der Waals surface area contributed by atoms with Crippen LogP contribution in [0.2, 0.25) is 0 Å². The number of fused-ring (bicyclic) bond motifs is 2. The van der Waals surface area contributed by atoms with Crippen LogP contribution in [-0.4, -0.2) is 132 Å². The van der Waals surface area contributed by atoms with E-state index in [0.717, 1.165) is 20.1 Å². The molecule has 0 spiro atoms. The Labute approximate surface area is 366 Å². The number of nitrogens with zero attached hydrogens (tertiary/aromatic N) is 4. The lowest BCUT2D eigenvalue weighted by Crippen LogP contribution is -2.47. The minimum atomic E-state index is -4.88. The van der Waals surface area contributed by atoms with Gasteiger partial charge in [0, 0.05) is 75.6 Å². The molecule has 0 bridgehead atoms. The highest BCUT2D eigenvalue weighted by Gasteiger charge is 2.33. The Kier molecular flexibility index (Phi) is 20.4. The minimum absolute atomic E-state index is 0.0140. The molecule has 17 heteroatoms. The number of quaternary nitrogens is 2. The molecule has 0 radical (unpaired) electrons. The molecule has 15 nitrogen and oxygen atoms in total. The molecule has 2 aromatic carbocycles. The maximum Gasteiger partial charge on any atom is 0.205 e. The van der Waals surface area contributed by atoms with Crippen molar-refractivity contribution >= 4 is 15.2 Å². The van der Waals surface area contributed by atoms with E-state index in [4.69, 9.17) is 18.9 Å². The highest BCUT2D eigenvalue weighted by Crippen LogP contribution is 2.39. The fourth-order valence-corrected chi connectivity index (χ4v) is 8.98. The maximum atomic E-state index is 12.1. The standard InChI is InChI=1S/C27H40N2O11P2.C17H40N2/c1-26(2)37-15-21-9-5-7-19(24(21)39-26)11-28(17-41(31,32)33)13-23(14-30)29(18-42(34,35)36)12-20-8-6-10-22-16-38-27(3,4)40-25(20)22;1-18(2,3)16-14-12-10-8-7-9-11-13-15-17-19(4,5)6/h5-10,23,30H,11-18H2,1-4H3,(H2,31,32,33)(H2,34,35,36);7-17H2,1-6H3/q;+2/p-2. The topological polar surface area (TPSA) is 184 Å². The van der Waals surface area contributed by atoms with Crippen molar-refractivity contribution in [3.8, 4) is 11.5 Å². The number of hydrogen-bond acceptors (Lipinski definition) is 11. The number of aliphatic hydroxyl groups excluding tert-OH is 1. The van der Waals surface area contributed by atoms with Gasteiger partial charge in [-0.05, 0) is 25.7 Å². The third-order valence-electron chi connectivity index (χ3n) is 10.6. The lowest BCUT2D eigenvalue weighted by molar-refractivity contribution is -0.870. The first kappa shape index (κ1) is 53.4. The van der Waals surface area contributed by atoms with E-state index >= 15 is 0 Å². The van der Waals surface area contributed by atoms with E-state index in [9.17, 15) is 33.8 Å². The van der Waals surface area contributed by atoms with Gasteiger partial charge >= 0.3 is 0 Å². The third kappa shape index (κ3) is 21.5. The van der Waals surface area contributed by atoms with Crippen LogP contribution in [0.1, 0.15) is 108 Å². The summed E-state index contributed by atoms with van der Waals surface area (Å²) in [7, 11) is 4.01. The van der Waals surface area contributed by atoms with E-state index in [1.807, 2.05) is 12.1 Å². The van der Waals surface area contributed by atoms with Crippen molar-refractivity contribution in [3.63, 3.8) is 0 Å². The van der Waals surface area contributed by atoms with Crippen molar-refractivity contribution in [2.45, 2.75) is 129 Å². The molecule has 2 aliphatic heterocycles. The summed E-state index contributed by atoms with van der Waals surface area (Å²) in [4.78, 5) is 46.5. The van der Waals surface area contributed by atoms with Gasteiger partial charge in [-0.3, -0.25) is 9.80 Å². The third-order valence-corrected chi connectivity index (χ3v) is 12.0.